The number of allylic oxidation sites excluding steroid dienone is 8. The zero-order valence-corrected chi connectivity index (χ0v) is 26.5. The van der Waals surface area contributed by atoms with Crippen LogP contribution in [0.2, 0.25) is 11.5 Å². The Morgan fingerprint density at radius 1 is 0.706 bits per heavy atom. The Morgan fingerprint density at radius 2 is 1.09 bits per heavy atom. The molecule has 2 aromatic carbocycles. The van der Waals surface area contributed by atoms with E-state index in [-0.39, 0.29) is 36.4 Å². The van der Waals surface area contributed by atoms with E-state index < -0.39 is 28.6 Å². The molecular weight excluding hydrogens is 609 g/mol. The molecule has 0 saturated heterocycles. The molecule has 0 saturated carbocycles. The summed E-state index contributed by atoms with van der Waals surface area (Å²) in [6, 6.07) is 14.0. The molecule has 2 aliphatic carbocycles. The molecule has 0 aromatic heterocycles. The van der Waals surface area contributed by atoms with Gasteiger partial charge < -0.3 is 24.8 Å². The predicted molar refractivity (Wildman–Crippen MR) is 130 cm³/mol. The molecule has 6 heteroatoms. The van der Waals surface area contributed by atoms with Crippen molar-refractivity contribution in [2.24, 2.45) is 11.8 Å². The molecule has 0 N–H and O–H groups in total. The zero-order valence-electron chi connectivity index (χ0n) is 20.4. The summed E-state index contributed by atoms with van der Waals surface area (Å²) in [5, 5.41) is 0. The first-order valence-corrected chi connectivity index (χ1v) is 25.3. The van der Waals surface area contributed by atoms with Crippen molar-refractivity contribution in [1.29, 1.82) is 0 Å². The third-order valence-electron chi connectivity index (χ3n) is 6.67. The minimum atomic E-state index is -2.11. The molecular formula is C28H30Cl2F2GeZr. The first-order valence-electron chi connectivity index (χ1n) is 11.2. The topological polar surface area (TPSA) is 0 Å². The Hall–Kier alpha value is -0.734. The van der Waals surface area contributed by atoms with Crippen LogP contribution in [0, 0.1) is 23.5 Å². The first-order chi connectivity index (χ1) is 15.2. The molecule has 0 fully saturated rings. The van der Waals surface area contributed by atoms with Crippen molar-refractivity contribution in [3.05, 3.63) is 101 Å². The number of hydrogen-bond donors (Lipinski definition) is 0. The zero-order chi connectivity index (χ0) is 23.2. The fraction of sp³-hybridized carbons (Fsp3) is 0.286. The Morgan fingerprint density at radius 3 is 1.41 bits per heavy atom. The van der Waals surface area contributed by atoms with E-state index in [9.17, 15) is 8.78 Å². The molecule has 34 heavy (non-hydrogen) atoms. The van der Waals surface area contributed by atoms with Crippen molar-refractivity contribution in [1.82, 2.24) is 0 Å². The minimum Gasteiger partial charge on any atom is -1.00 e. The molecule has 2 aromatic rings. The van der Waals surface area contributed by atoms with Crippen molar-refractivity contribution < 1.29 is 52.2 Å². The molecule has 0 nitrogen and oxygen atoms in total. The van der Waals surface area contributed by atoms with Crippen LogP contribution in [-0.2, 0) is 18.6 Å². The molecule has 2 atom stereocenters. The van der Waals surface area contributed by atoms with E-state index in [0.29, 0.717) is 11.8 Å². The quantitative estimate of drug-likeness (QED) is 0.451. The minimum absolute atomic E-state index is 0. The molecule has 0 aliphatic heterocycles. The van der Waals surface area contributed by atoms with Crippen LogP contribution in [0.25, 0.3) is 11.1 Å². The van der Waals surface area contributed by atoms with Crippen molar-refractivity contribution in [2.75, 3.05) is 0 Å². The fourth-order valence-corrected chi connectivity index (χ4v) is 37.5. The summed E-state index contributed by atoms with van der Waals surface area (Å²) >= 11 is -2.11. The number of halogens is 4. The SMILES string of the molecule is CC1=[C]([Zr+2]([C]2=C(C)C(c3cccc(F)c3)=CC2C)=[Ge]([CH3])[CH3])C(C)C=C1c1cccc(F)c1.[Cl-].[Cl-]. The van der Waals surface area contributed by atoms with Crippen LogP contribution in [0.5, 0.6) is 0 Å². The van der Waals surface area contributed by atoms with E-state index in [1.165, 1.54) is 34.4 Å². The van der Waals surface area contributed by atoms with Gasteiger partial charge in [-0.25, -0.2) is 0 Å². The van der Waals surface area contributed by atoms with Gasteiger partial charge in [0.2, 0.25) is 0 Å². The number of hydrogen-bond acceptors (Lipinski definition) is 0. The third kappa shape index (κ3) is 5.64. The van der Waals surface area contributed by atoms with Gasteiger partial charge in [-0.1, -0.05) is 0 Å². The molecule has 2 unspecified atom stereocenters. The standard InChI is InChI=1S/2C13H12F.C2H6Ge.2ClH.Zr/c2*1-9-6-10(2)13(7-9)11-4-3-5-12(14)8-11;1-3-2;;;/h2*3-5,7-9H,1-2H3;1-2H3;2*1H;/q;;;;;+2/p-2. The second-order valence-corrected chi connectivity index (χ2v) is 36.9. The molecule has 178 valence electrons. The predicted octanol–water partition coefficient (Wildman–Crippen LogP) is 2.16. The van der Waals surface area contributed by atoms with Crippen molar-refractivity contribution in [3.63, 3.8) is 0 Å². The average molecular weight is 639 g/mol. The Bertz CT molecular complexity index is 1180. The maximum absolute atomic E-state index is 13.9. The summed E-state index contributed by atoms with van der Waals surface area (Å²) in [7, 11) is -1.25. The summed E-state index contributed by atoms with van der Waals surface area (Å²) < 4.78 is 31.3. The van der Waals surface area contributed by atoms with Crippen molar-refractivity contribution in [3.8, 4) is 0 Å². The van der Waals surface area contributed by atoms with Crippen molar-refractivity contribution >= 4 is 21.1 Å². The Labute approximate surface area is 223 Å². The first kappa shape index (κ1) is 29.5. The van der Waals surface area contributed by atoms with E-state index in [1.54, 1.807) is 30.8 Å². The van der Waals surface area contributed by atoms with Gasteiger partial charge in [0.15, 0.2) is 0 Å². The van der Waals surface area contributed by atoms with Gasteiger partial charge in [-0.3, -0.25) is 0 Å². The largest absolute Gasteiger partial charge is 1.00 e. The number of benzene rings is 2. The van der Waals surface area contributed by atoms with Crippen LogP contribution in [0.1, 0.15) is 38.8 Å². The van der Waals surface area contributed by atoms with Crippen LogP contribution in [0.4, 0.5) is 8.78 Å². The average Bonchev–Trinajstić information content (AvgIpc) is 3.19. The normalized spacial score (nSPS) is 19.1. The van der Waals surface area contributed by atoms with E-state index >= 15 is 0 Å². The molecule has 4 rings (SSSR count). The maximum atomic E-state index is 13.9. The van der Waals surface area contributed by atoms with Gasteiger partial charge in [0.05, 0.1) is 0 Å². The molecule has 0 radical (unpaired) electrons. The Balaban J connectivity index is 0.00000204. The maximum Gasteiger partial charge on any atom is -1.00 e. The third-order valence-corrected chi connectivity index (χ3v) is 35.0. The fourth-order valence-electron chi connectivity index (χ4n) is 5.34. The summed E-state index contributed by atoms with van der Waals surface area (Å²) in [4.78, 5) is 0. The van der Waals surface area contributed by atoms with Crippen LogP contribution >= 0.6 is 0 Å². The van der Waals surface area contributed by atoms with Crippen LogP contribution in [-0.4, -0.2) is 9.98 Å². The Kier molecular flexibility index (Phi) is 10.4. The van der Waals surface area contributed by atoms with Crippen LogP contribution in [0.3, 0.4) is 0 Å². The van der Waals surface area contributed by atoms with Gasteiger partial charge in [0.25, 0.3) is 0 Å². The van der Waals surface area contributed by atoms with Gasteiger partial charge in [0, 0.05) is 0 Å². The molecule has 0 bridgehead atoms. The molecule has 0 spiro atoms. The molecule has 2 aliphatic rings. The van der Waals surface area contributed by atoms with Gasteiger partial charge in [-0.15, -0.1) is 0 Å². The van der Waals surface area contributed by atoms with E-state index in [4.69, 9.17) is 0 Å². The van der Waals surface area contributed by atoms with Gasteiger partial charge in [0.1, 0.15) is 0 Å². The summed E-state index contributed by atoms with van der Waals surface area (Å²) in [5.41, 5.74) is 7.18. The van der Waals surface area contributed by atoms with Gasteiger partial charge in [-0.2, -0.15) is 0 Å². The van der Waals surface area contributed by atoms with Crippen LogP contribution < -0.4 is 24.8 Å². The summed E-state index contributed by atoms with van der Waals surface area (Å²) in [6.45, 7) is 9.16. The van der Waals surface area contributed by atoms with E-state index in [1.807, 2.05) is 12.1 Å². The smallest absolute Gasteiger partial charge is 1.00 e. The summed E-state index contributed by atoms with van der Waals surface area (Å²) in [6.07, 6.45) is 4.72. The molecule has 0 amide bonds. The van der Waals surface area contributed by atoms with Gasteiger partial charge in [-0.05, 0) is 0 Å². The van der Waals surface area contributed by atoms with Crippen molar-refractivity contribution in [2.45, 2.75) is 39.2 Å². The second-order valence-electron chi connectivity index (χ2n) is 9.21. The van der Waals surface area contributed by atoms with E-state index in [2.05, 4.69) is 51.4 Å². The summed E-state index contributed by atoms with van der Waals surface area (Å²) in [5.74, 6) is 5.54. The monoisotopic (exact) mass is 638 g/mol. The number of rotatable bonds is 4. The van der Waals surface area contributed by atoms with E-state index in [0.717, 1.165) is 11.1 Å². The van der Waals surface area contributed by atoms with Crippen LogP contribution in [0.15, 0.2) is 78.4 Å². The second kappa shape index (κ2) is 12.0. The van der Waals surface area contributed by atoms with Gasteiger partial charge >= 0.3 is 201 Å². The molecule has 0 heterocycles.